The Balaban J connectivity index is 2.27. The van der Waals surface area contributed by atoms with E-state index in [0.717, 1.165) is 5.06 Å². The topological polar surface area (TPSA) is 89.8 Å². The van der Waals surface area contributed by atoms with Gasteiger partial charge >= 0.3 is 5.97 Å². The number of hydroxylamine groups is 2. The Bertz CT molecular complexity index is 567. The number of benzene rings is 1. The average molecular weight is 264 g/mol. The quantitative estimate of drug-likeness (QED) is 0.468. The van der Waals surface area contributed by atoms with Crippen molar-refractivity contribution in [2.45, 2.75) is 20.4 Å². The molecule has 0 radical (unpaired) electrons. The molecule has 1 heterocycles. The van der Waals surface area contributed by atoms with Gasteiger partial charge in [0.2, 0.25) is 0 Å². The molecule has 0 atom stereocenters. The molecular formula is C12H12N2O5. The Morgan fingerprint density at radius 2 is 1.95 bits per heavy atom. The van der Waals surface area contributed by atoms with E-state index in [0.29, 0.717) is 5.56 Å². The van der Waals surface area contributed by atoms with E-state index in [9.17, 15) is 19.7 Å². The molecule has 0 bridgehead atoms. The van der Waals surface area contributed by atoms with Crippen molar-refractivity contribution in [3.8, 4) is 0 Å². The van der Waals surface area contributed by atoms with Crippen LogP contribution >= 0.6 is 0 Å². The van der Waals surface area contributed by atoms with Crippen LogP contribution in [0.25, 0.3) is 0 Å². The number of para-hydroxylation sites is 1. The standard InChI is InChI=1S/C12H12N2O5/c1-12(2)10(15)13(19-11(12)16)7-8-5-3-4-6-9(8)14(17)18/h3-6H,7H2,1-2H3. The van der Waals surface area contributed by atoms with Gasteiger partial charge in [0.1, 0.15) is 5.41 Å². The van der Waals surface area contributed by atoms with Crippen LogP contribution in [0.5, 0.6) is 0 Å². The van der Waals surface area contributed by atoms with Crippen molar-refractivity contribution in [3.05, 3.63) is 39.9 Å². The van der Waals surface area contributed by atoms with E-state index >= 15 is 0 Å². The summed E-state index contributed by atoms with van der Waals surface area (Å²) in [6.45, 7) is 2.78. The minimum Gasteiger partial charge on any atom is -0.337 e. The minimum absolute atomic E-state index is 0.115. The number of rotatable bonds is 3. The van der Waals surface area contributed by atoms with Gasteiger partial charge in [-0.05, 0) is 13.8 Å². The maximum atomic E-state index is 11.9. The summed E-state index contributed by atoms with van der Waals surface area (Å²) in [4.78, 5) is 38.6. The average Bonchev–Trinajstić information content (AvgIpc) is 2.54. The van der Waals surface area contributed by atoms with Gasteiger partial charge in [-0.1, -0.05) is 18.2 Å². The molecule has 1 aliphatic rings. The van der Waals surface area contributed by atoms with Crippen LogP contribution in [-0.4, -0.2) is 21.9 Å². The lowest BCUT2D eigenvalue weighted by atomic mass is 9.94. The Morgan fingerprint density at radius 3 is 2.47 bits per heavy atom. The first-order valence-electron chi connectivity index (χ1n) is 5.60. The fourth-order valence-corrected chi connectivity index (χ4v) is 1.74. The van der Waals surface area contributed by atoms with Crippen molar-refractivity contribution in [2.24, 2.45) is 5.41 Å². The summed E-state index contributed by atoms with van der Waals surface area (Å²) in [6, 6.07) is 6.01. The van der Waals surface area contributed by atoms with Crippen molar-refractivity contribution in [1.29, 1.82) is 0 Å². The van der Waals surface area contributed by atoms with Gasteiger partial charge in [-0.3, -0.25) is 14.9 Å². The third-order valence-electron chi connectivity index (χ3n) is 2.97. The SMILES string of the molecule is CC1(C)C(=O)ON(Cc2ccccc2[N+](=O)[O-])C1=O. The minimum atomic E-state index is -1.25. The maximum absolute atomic E-state index is 11.9. The highest BCUT2D eigenvalue weighted by atomic mass is 16.7. The van der Waals surface area contributed by atoms with E-state index in [-0.39, 0.29) is 12.2 Å². The summed E-state index contributed by atoms with van der Waals surface area (Å²) >= 11 is 0. The lowest BCUT2D eigenvalue weighted by molar-refractivity contribution is -0.385. The van der Waals surface area contributed by atoms with Gasteiger partial charge in [-0.25, -0.2) is 4.79 Å². The van der Waals surface area contributed by atoms with Gasteiger partial charge in [0.25, 0.3) is 11.6 Å². The number of nitro benzene ring substituents is 1. The molecule has 0 unspecified atom stereocenters. The molecule has 7 heteroatoms. The number of nitrogens with zero attached hydrogens (tertiary/aromatic N) is 2. The lowest BCUT2D eigenvalue weighted by Gasteiger charge is -2.14. The van der Waals surface area contributed by atoms with Crippen molar-refractivity contribution in [1.82, 2.24) is 5.06 Å². The zero-order chi connectivity index (χ0) is 14.2. The van der Waals surface area contributed by atoms with Crippen molar-refractivity contribution in [2.75, 3.05) is 0 Å². The van der Waals surface area contributed by atoms with Crippen molar-refractivity contribution < 1.29 is 19.3 Å². The summed E-state index contributed by atoms with van der Waals surface area (Å²) in [7, 11) is 0. The highest BCUT2D eigenvalue weighted by molar-refractivity contribution is 6.05. The van der Waals surface area contributed by atoms with Crippen molar-refractivity contribution >= 4 is 17.6 Å². The van der Waals surface area contributed by atoms with E-state index < -0.39 is 22.2 Å². The predicted octanol–water partition coefficient (Wildman–Crippen LogP) is 1.42. The third-order valence-corrected chi connectivity index (χ3v) is 2.97. The number of amides is 1. The molecule has 0 saturated carbocycles. The molecule has 1 saturated heterocycles. The molecule has 0 N–H and O–H groups in total. The van der Waals surface area contributed by atoms with Gasteiger partial charge < -0.3 is 4.84 Å². The molecule has 0 aromatic heterocycles. The summed E-state index contributed by atoms with van der Waals surface area (Å²) < 4.78 is 0. The Morgan fingerprint density at radius 1 is 1.32 bits per heavy atom. The lowest BCUT2D eigenvalue weighted by Crippen LogP contribution is -2.31. The zero-order valence-electron chi connectivity index (χ0n) is 10.5. The monoisotopic (exact) mass is 264 g/mol. The van der Waals surface area contributed by atoms with E-state index in [1.54, 1.807) is 6.07 Å². The van der Waals surface area contributed by atoms with Crippen LogP contribution in [0.1, 0.15) is 19.4 Å². The first-order chi connectivity index (χ1) is 8.84. The van der Waals surface area contributed by atoms with Gasteiger partial charge in [0, 0.05) is 6.07 Å². The van der Waals surface area contributed by atoms with Crippen LogP contribution in [0, 0.1) is 15.5 Å². The predicted molar refractivity (Wildman–Crippen MR) is 63.5 cm³/mol. The number of carbonyl (C=O) groups is 2. The van der Waals surface area contributed by atoms with Crippen LogP contribution in [0.4, 0.5) is 5.69 Å². The molecule has 1 aromatic carbocycles. The molecule has 100 valence electrons. The second-order valence-corrected chi connectivity index (χ2v) is 4.73. The molecule has 0 aliphatic carbocycles. The Kier molecular flexibility index (Phi) is 2.97. The van der Waals surface area contributed by atoms with E-state index in [2.05, 4.69) is 0 Å². The molecule has 1 aliphatic heterocycles. The molecule has 1 amide bonds. The smallest absolute Gasteiger partial charge is 0.337 e. The summed E-state index contributed by atoms with van der Waals surface area (Å²) in [6.07, 6.45) is 0. The zero-order valence-corrected chi connectivity index (χ0v) is 10.5. The Hall–Kier alpha value is -2.44. The summed E-state index contributed by atoms with van der Waals surface area (Å²) in [5.74, 6) is -1.16. The third kappa shape index (κ3) is 2.14. The Labute approximate surface area is 108 Å². The van der Waals surface area contributed by atoms with E-state index in [4.69, 9.17) is 4.84 Å². The highest BCUT2D eigenvalue weighted by Gasteiger charge is 2.49. The first kappa shape index (κ1) is 13.0. The molecule has 19 heavy (non-hydrogen) atoms. The first-order valence-corrected chi connectivity index (χ1v) is 5.60. The summed E-state index contributed by atoms with van der Waals surface area (Å²) in [5, 5.41) is 11.7. The van der Waals surface area contributed by atoms with Crippen LogP contribution in [0.15, 0.2) is 24.3 Å². The molecular weight excluding hydrogens is 252 g/mol. The van der Waals surface area contributed by atoms with E-state index in [1.165, 1.54) is 32.0 Å². The van der Waals surface area contributed by atoms with Crippen LogP contribution < -0.4 is 0 Å². The van der Waals surface area contributed by atoms with Gasteiger partial charge in [0.05, 0.1) is 17.0 Å². The van der Waals surface area contributed by atoms with E-state index in [1.807, 2.05) is 0 Å². The molecule has 1 aromatic rings. The number of nitro groups is 1. The molecule has 2 rings (SSSR count). The molecule has 7 nitrogen and oxygen atoms in total. The largest absolute Gasteiger partial charge is 0.347 e. The highest BCUT2D eigenvalue weighted by Crippen LogP contribution is 2.31. The fraction of sp³-hybridized carbons (Fsp3) is 0.333. The van der Waals surface area contributed by atoms with Gasteiger partial charge in [0.15, 0.2) is 0 Å². The fourth-order valence-electron chi connectivity index (χ4n) is 1.74. The van der Waals surface area contributed by atoms with Crippen molar-refractivity contribution in [3.63, 3.8) is 0 Å². The number of carbonyl (C=O) groups excluding carboxylic acids is 2. The van der Waals surface area contributed by atoms with Crippen LogP contribution in [0.2, 0.25) is 0 Å². The van der Waals surface area contributed by atoms with Gasteiger partial charge in [-0.15, -0.1) is 0 Å². The normalized spacial score (nSPS) is 17.5. The van der Waals surface area contributed by atoms with Crippen LogP contribution in [0.3, 0.4) is 0 Å². The second-order valence-electron chi connectivity index (χ2n) is 4.73. The number of hydrogen-bond donors (Lipinski definition) is 0. The number of hydrogen-bond acceptors (Lipinski definition) is 5. The molecule has 0 spiro atoms. The van der Waals surface area contributed by atoms with Gasteiger partial charge in [-0.2, -0.15) is 5.06 Å². The second kappa shape index (κ2) is 4.34. The molecule has 1 fully saturated rings. The summed E-state index contributed by atoms with van der Waals surface area (Å²) in [5.41, 5.74) is -1.05. The maximum Gasteiger partial charge on any atom is 0.347 e. The van der Waals surface area contributed by atoms with Crippen LogP contribution in [-0.2, 0) is 21.0 Å².